The summed E-state index contributed by atoms with van der Waals surface area (Å²) in [6.45, 7) is 4.49. The van der Waals surface area contributed by atoms with Crippen LogP contribution in [0.2, 0.25) is 0 Å². The lowest BCUT2D eigenvalue weighted by molar-refractivity contribution is 0.713. The molecule has 68 valence electrons. The molecule has 2 aliphatic rings. The lowest BCUT2D eigenvalue weighted by atomic mass is 10.3. The molecule has 1 heterocycles. The molecule has 1 fully saturated rings. The van der Waals surface area contributed by atoms with Crippen molar-refractivity contribution in [2.45, 2.75) is 19.8 Å². The van der Waals surface area contributed by atoms with Gasteiger partial charge in [0.1, 0.15) is 0 Å². The van der Waals surface area contributed by atoms with Crippen LogP contribution in [0.15, 0.2) is 4.99 Å². The molecule has 1 N–H and O–H groups in total. The number of nitrogens with one attached hydrogen (secondary N) is 1. The van der Waals surface area contributed by atoms with Gasteiger partial charge in [-0.05, 0) is 24.7 Å². The minimum absolute atomic E-state index is 0.926. The average Bonchev–Trinajstić information content (AvgIpc) is 2.81. The van der Waals surface area contributed by atoms with Crippen LogP contribution >= 0.6 is 11.8 Å². The van der Waals surface area contributed by atoms with Crippen molar-refractivity contribution in [3.8, 4) is 0 Å². The van der Waals surface area contributed by atoms with Crippen LogP contribution in [0.1, 0.15) is 19.8 Å². The van der Waals surface area contributed by atoms with Crippen molar-refractivity contribution in [3.05, 3.63) is 0 Å². The maximum absolute atomic E-state index is 4.42. The van der Waals surface area contributed by atoms with Crippen molar-refractivity contribution in [2.75, 3.05) is 18.8 Å². The van der Waals surface area contributed by atoms with Crippen LogP contribution in [-0.4, -0.2) is 24.0 Å². The van der Waals surface area contributed by atoms with Gasteiger partial charge in [0.25, 0.3) is 0 Å². The Morgan fingerprint density at radius 3 is 3.08 bits per heavy atom. The highest BCUT2D eigenvalue weighted by atomic mass is 32.2. The second-order valence-electron chi connectivity index (χ2n) is 3.74. The first-order valence-corrected chi connectivity index (χ1v) is 5.76. The Morgan fingerprint density at radius 2 is 2.50 bits per heavy atom. The quantitative estimate of drug-likeness (QED) is 0.706. The highest BCUT2D eigenvalue weighted by molar-refractivity contribution is 8.13. The van der Waals surface area contributed by atoms with Gasteiger partial charge in [-0.3, -0.25) is 4.99 Å². The largest absolute Gasteiger partial charge is 0.365 e. The van der Waals surface area contributed by atoms with Gasteiger partial charge in [-0.2, -0.15) is 0 Å². The van der Waals surface area contributed by atoms with E-state index in [2.05, 4.69) is 17.2 Å². The van der Waals surface area contributed by atoms with Crippen LogP contribution in [0.5, 0.6) is 0 Å². The first-order chi connectivity index (χ1) is 5.86. The zero-order valence-corrected chi connectivity index (χ0v) is 8.36. The molecule has 2 atom stereocenters. The summed E-state index contributed by atoms with van der Waals surface area (Å²) < 4.78 is 0. The summed E-state index contributed by atoms with van der Waals surface area (Å²) in [7, 11) is 0. The van der Waals surface area contributed by atoms with E-state index in [1.807, 2.05) is 11.8 Å². The van der Waals surface area contributed by atoms with Crippen LogP contribution in [0.4, 0.5) is 0 Å². The third-order valence-corrected chi connectivity index (χ3v) is 3.63. The number of thioether (sulfide) groups is 1. The van der Waals surface area contributed by atoms with Crippen molar-refractivity contribution < 1.29 is 0 Å². The van der Waals surface area contributed by atoms with E-state index >= 15 is 0 Å². The highest BCUT2D eigenvalue weighted by Crippen LogP contribution is 2.36. The summed E-state index contributed by atoms with van der Waals surface area (Å²) in [5, 5.41) is 4.61. The number of amidine groups is 1. The third kappa shape index (κ3) is 2.16. The molecular formula is C9H16N2S. The van der Waals surface area contributed by atoms with E-state index in [-0.39, 0.29) is 0 Å². The van der Waals surface area contributed by atoms with Gasteiger partial charge < -0.3 is 5.32 Å². The summed E-state index contributed by atoms with van der Waals surface area (Å²) in [5.41, 5.74) is 0. The molecule has 0 spiro atoms. The highest BCUT2D eigenvalue weighted by Gasteiger charge is 2.32. The Hall–Kier alpha value is -0.180. The summed E-state index contributed by atoms with van der Waals surface area (Å²) >= 11 is 1.87. The molecule has 0 amide bonds. The van der Waals surface area contributed by atoms with Crippen molar-refractivity contribution in [1.29, 1.82) is 0 Å². The van der Waals surface area contributed by atoms with E-state index in [4.69, 9.17) is 0 Å². The van der Waals surface area contributed by atoms with Gasteiger partial charge in [0.05, 0.1) is 0 Å². The van der Waals surface area contributed by atoms with Crippen LogP contribution in [0.3, 0.4) is 0 Å². The predicted molar refractivity (Wildman–Crippen MR) is 54.7 cm³/mol. The average molecular weight is 184 g/mol. The zero-order valence-electron chi connectivity index (χ0n) is 7.55. The second-order valence-corrected chi connectivity index (χ2v) is 4.83. The van der Waals surface area contributed by atoms with E-state index in [1.54, 1.807) is 0 Å². The van der Waals surface area contributed by atoms with E-state index < -0.39 is 0 Å². The predicted octanol–water partition coefficient (Wildman–Crippen LogP) is 1.72. The molecule has 2 unspecified atom stereocenters. The fraction of sp³-hybridized carbons (Fsp3) is 0.889. The Balaban J connectivity index is 1.68. The van der Waals surface area contributed by atoms with Gasteiger partial charge in [-0.15, -0.1) is 0 Å². The number of aliphatic imine (C=N–C) groups is 1. The fourth-order valence-corrected chi connectivity index (χ4v) is 2.30. The summed E-state index contributed by atoms with van der Waals surface area (Å²) in [5.74, 6) is 3.12. The van der Waals surface area contributed by atoms with Gasteiger partial charge in [-0.25, -0.2) is 0 Å². The van der Waals surface area contributed by atoms with Crippen molar-refractivity contribution in [2.24, 2.45) is 16.8 Å². The first kappa shape index (κ1) is 8.42. The van der Waals surface area contributed by atoms with E-state index in [9.17, 15) is 0 Å². The van der Waals surface area contributed by atoms with Gasteiger partial charge in [0, 0.05) is 18.8 Å². The topological polar surface area (TPSA) is 24.4 Å². The fourth-order valence-electron chi connectivity index (χ4n) is 1.47. The van der Waals surface area contributed by atoms with Crippen LogP contribution < -0.4 is 5.32 Å². The van der Waals surface area contributed by atoms with Crippen LogP contribution in [0.25, 0.3) is 0 Å². The maximum Gasteiger partial charge on any atom is 0.156 e. The normalized spacial score (nSPS) is 34.2. The van der Waals surface area contributed by atoms with Crippen molar-refractivity contribution >= 4 is 16.9 Å². The van der Waals surface area contributed by atoms with Gasteiger partial charge in [0.15, 0.2) is 5.17 Å². The molecule has 12 heavy (non-hydrogen) atoms. The lowest BCUT2D eigenvalue weighted by Gasteiger charge is -2.12. The summed E-state index contributed by atoms with van der Waals surface area (Å²) in [4.78, 5) is 4.42. The first-order valence-electron chi connectivity index (χ1n) is 4.77. The molecule has 3 heteroatoms. The maximum atomic E-state index is 4.42. The molecule has 0 aromatic heterocycles. The zero-order chi connectivity index (χ0) is 8.39. The monoisotopic (exact) mass is 184 g/mol. The molecule has 0 aromatic rings. The number of hydrogen-bond donors (Lipinski definition) is 1. The number of hydrogen-bond acceptors (Lipinski definition) is 3. The van der Waals surface area contributed by atoms with E-state index in [0.717, 1.165) is 24.9 Å². The number of rotatable bonds is 2. The van der Waals surface area contributed by atoms with Crippen molar-refractivity contribution in [1.82, 2.24) is 5.32 Å². The lowest BCUT2D eigenvalue weighted by Crippen LogP contribution is -2.25. The number of nitrogens with zero attached hydrogens (tertiary/aromatic N) is 1. The van der Waals surface area contributed by atoms with Gasteiger partial charge in [0.2, 0.25) is 0 Å². The van der Waals surface area contributed by atoms with E-state index in [1.165, 1.54) is 23.8 Å². The summed E-state index contributed by atoms with van der Waals surface area (Å²) in [6.07, 6.45) is 2.65. The minimum atomic E-state index is 0.926. The second kappa shape index (κ2) is 3.69. The SMILES string of the molecule is CC1CC1CNC1=NCCCS1. The van der Waals surface area contributed by atoms with Crippen molar-refractivity contribution in [3.63, 3.8) is 0 Å². The Morgan fingerprint density at radius 1 is 1.67 bits per heavy atom. The molecule has 1 saturated carbocycles. The molecule has 1 aliphatic carbocycles. The smallest absolute Gasteiger partial charge is 0.156 e. The molecule has 1 aliphatic heterocycles. The molecule has 0 saturated heterocycles. The molecule has 0 aromatic carbocycles. The molecular weight excluding hydrogens is 168 g/mol. The van der Waals surface area contributed by atoms with Crippen LogP contribution in [-0.2, 0) is 0 Å². The van der Waals surface area contributed by atoms with Crippen LogP contribution in [0, 0.1) is 11.8 Å². The van der Waals surface area contributed by atoms with E-state index in [0.29, 0.717) is 0 Å². The Labute approximate surface area is 78.2 Å². The van der Waals surface area contributed by atoms with Gasteiger partial charge in [-0.1, -0.05) is 18.7 Å². The third-order valence-electron chi connectivity index (χ3n) is 2.59. The molecule has 2 rings (SSSR count). The molecule has 0 radical (unpaired) electrons. The minimum Gasteiger partial charge on any atom is -0.365 e. The Bertz CT molecular complexity index is 191. The van der Waals surface area contributed by atoms with Gasteiger partial charge >= 0.3 is 0 Å². The summed E-state index contributed by atoms with van der Waals surface area (Å²) in [6, 6.07) is 0. The Kier molecular flexibility index (Phi) is 2.59. The molecule has 0 bridgehead atoms. The standard InChI is InChI=1S/C9H16N2S/c1-7-5-8(7)6-11-9-10-3-2-4-12-9/h7-8H,2-6H2,1H3,(H,10,11). The molecule has 2 nitrogen and oxygen atoms in total.